The van der Waals surface area contributed by atoms with E-state index in [1.54, 1.807) is 7.05 Å². The summed E-state index contributed by atoms with van der Waals surface area (Å²) in [6.07, 6.45) is 2.58. The van der Waals surface area contributed by atoms with Crippen LogP contribution in [0.15, 0.2) is 6.20 Å². The zero-order valence-corrected chi connectivity index (χ0v) is 9.51. The molecule has 7 heteroatoms. The molecule has 0 aliphatic heterocycles. The number of nitrogens with zero attached hydrogens (tertiary/aromatic N) is 2. The molecule has 1 aromatic rings. The van der Waals surface area contributed by atoms with Gasteiger partial charge >= 0.3 is 0 Å². The standard InChI is InChI=1S/C7H12ClN3O2S/c1-11-7(5(8)3-10-11)6(9)4-14(2,12)13/h3,6H,4,9H2,1-2H3. The number of sulfone groups is 1. The number of hydrogen-bond acceptors (Lipinski definition) is 4. The SMILES string of the molecule is Cn1ncc(Cl)c1C(N)CS(C)(=O)=O. The van der Waals surface area contributed by atoms with E-state index in [2.05, 4.69) is 5.10 Å². The van der Waals surface area contributed by atoms with Crippen LogP contribution in [-0.4, -0.2) is 30.2 Å². The molecule has 14 heavy (non-hydrogen) atoms. The number of nitrogens with two attached hydrogens (primary N) is 1. The molecule has 1 rings (SSSR count). The quantitative estimate of drug-likeness (QED) is 0.810. The molecule has 1 heterocycles. The van der Waals surface area contributed by atoms with Gasteiger partial charge in [-0.15, -0.1) is 0 Å². The normalized spacial score (nSPS) is 14.3. The first-order chi connectivity index (χ1) is 6.31. The third-order valence-corrected chi connectivity index (χ3v) is 3.03. The maximum atomic E-state index is 11.0. The van der Waals surface area contributed by atoms with E-state index in [1.807, 2.05) is 0 Å². The van der Waals surface area contributed by atoms with Gasteiger partial charge in [-0.3, -0.25) is 4.68 Å². The summed E-state index contributed by atoms with van der Waals surface area (Å²) in [5.74, 6) is -0.133. The van der Waals surface area contributed by atoms with Gasteiger partial charge in [-0.05, 0) is 0 Å². The second-order valence-electron chi connectivity index (χ2n) is 3.20. The van der Waals surface area contributed by atoms with E-state index in [1.165, 1.54) is 10.9 Å². The van der Waals surface area contributed by atoms with Gasteiger partial charge < -0.3 is 5.73 Å². The Balaban J connectivity index is 2.95. The molecule has 0 aliphatic carbocycles. The molecule has 0 fully saturated rings. The molecule has 1 aromatic heterocycles. The van der Waals surface area contributed by atoms with E-state index < -0.39 is 15.9 Å². The minimum atomic E-state index is -3.11. The molecule has 1 atom stereocenters. The zero-order valence-electron chi connectivity index (χ0n) is 7.94. The highest BCUT2D eigenvalue weighted by atomic mass is 35.5. The van der Waals surface area contributed by atoms with E-state index in [0.717, 1.165) is 6.26 Å². The number of rotatable bonds is 3. The van der Waals surface area contributed by atoms with Crippen LogP contribution in [0.3, 0.4) is 0 Å². The van der Waals surface area contributed by atoms with Crippen molar-refractivity contribution < 1.29 is 8.42 Å². The second-order valence-corrected chi connectivity index (χ2v) is 5.79. The average molecular weight is 238 g/mol. The summed E-state index contributed by atoms with van der Waals surface area (Å²) in [5.41, 5.74) is 6.24. The Hall–Kier alpha value is -0.590. The molecular formula is C7H12ClN3O2S. The number of hydrogen-bond donors (Lipinski definition) is 1. The fourth-order valence-electron chi connectivity index (χ4n) is 1.24. The van der Waals surface area contributed by atoms with Crippen molar-refractivity contribution in [2.45, 2.75) is 6.04 Å². The molecule has 0 aromatic carbocycles. The van der Waals surface area contributed by atoms with Crippen LogP contribution in [0.1, 0.15) is 11.7 Å². The van der Waals surface area contributed by atoms with Crippen molar-refractivity contribution in [3.8, 4) is 0 Å². The smallest absolute Gasteiger partial charge is 0.149 e. The summed E-state index contributed by atoms with van der Waals surface area (Å²) in [4.78, 5) is 0. The fourth-order valence-corrected chi connectivity index (χ4v) is 2.36. The van der Waals surface area contributed by atoms with E-state index >= 15 is 0 Å². The first-order valence-corrected chi connectivity index (χ1v) is 6.36. The van der Waals surface area contributed by atoms with Gasteiger partial charge in [0.15, 0.2) is 0 Å². The summed E-state index contributed by atoms with van der Waals surface area (Å²) < 4.78 is 23.5. The van der Waals surface area contributed by atoms with Crippen LogP contribution in [0, 0.1) is 0 Å². The number of halogens is 1. The Morgan fingerprint density at radius 3 is 2.64 bits per heavy atom. The molecule has 0 bridgehead atoms. The summed E-state index contributed by atoms with van der Waals surface area (Å²) in [5, 5.41) is 4.27. The van der Waals surface area contributed by atoms with E-state index in [4.69, 9.17) is 17.3 Å². The lowest BCUT2D eigenvalue weighted by Gasteiger charge is -2.11. The molecule has 5 nitrogen and oxygen atoms in total. The maximum absolute atomic E-state index is 11.0. The highest BCUT2D eigenvalue weighted by molar-refractivity contribution is 7.90. The van der Waals surface area contributed by atoms with Gasteiger partial charge in [0.05, 0.1) is 28.7 Å². The third-order valence-electron chi connectivity index (χ3n) is 1.77. The van der Waals surface area contributed by atoms with Gasteiger partial charge in [-0.1, -0.05) is 11.6 Å². The van der Waals surface area contributed by atoms with Crippen molar-refractivity contribution in [3.63, 3.8) is 0 Å². The molecule has 0 spiro atoms. The topological polar surface area (TPSA) is 78.0 Å². The molecule has 80 valence electrons. The van der Waals surface area contributed by atoms with Crippen LogP contribution >= 0.6 is 11.6 Å². The zero-order chi connectivity index (χ0) is 10.9. The lowest BCUT2D eigenvalue weighted by Crippen LogP contribution is -2.23. The molecule has 0 radical (unpaired) electrons. The number of aryl methyl sites for hydroxylation is 1. The van der Waals surface area contributed by atoms with E-state index in [-0.39, 0.29) is 5.75 Å². The van der Waals surface area contributed by atoms with Crippen molar-refractivity contribution in [3.05, 3.63) is 16.9 Å². The van der Waals surface area contributed by atoms with E-state index in [0.29, 0.717) is 10.7 Å². The maximum Gasteiger partial charge on any atom is 0.149 e. The Morgan fingerprint density at radius 2 is 2.29 bits per heavy atom. The van der Waals surface area contributed by atoms with Gasteiger partial charge in [-0.25, -0.2) is 8.42 Å². The van der Waals surface area contributed by atoms with Crippen molar-refractivity contribution in [1.82, 2.24) is 9.78 Å². The molecule has 2 N–H and O–H groups in total. The minimum absolute atomic E-state index is 0.133. The summed E-state index contributed by atoms with van der Waals surface area (Å²) >= 11 is 5.81. The Morgan fingerprint density at radius 1 is 1.71 bits per heavy atom. The number of aromatic nitrogens is 2. The Kier molecular flexibility index (Phi) is 3.18. The second kappa shape index (κ2) is 3.88. The van der Waals surface area contributed by atoms with Gasteiger partial charge in [0, 0.05) is 13.3 Å². The van der Waals surface area contributed by atoms with Crippen LogP contribution in [0.25, 0.3) is 0 Å². The van der Waals surface area contributed by atoms with Crippen molar-refractivity contribution in [1.29, 1.82) is 0 Å². The molecule has 1 unspecified atom stereocenters. The predicted octanol–water partition coefficient (Wildman–Crippen LogP) is 0.118. The highest BCUT2D eigenvalue weighted by Gasteiger charge is 2.19. The molecule has 0 amide bonds. The predicted molar refractivity (Wildman–Crippen MR) is 54.9 cm³/mol. The van der Waals surface area contributed by atoms with Gasteiger partial charge in [-0.2, -0.15) is 5.10 Å². The van der Waals surface area contributed by atoms with Crippen LogP contribution < -0.4 is 5.73 Å². The van der Waals surface area contributed by atoms with Gasteiger partial charge in [0.25, 0.3) is 0 Å². The largest absolute Gasteiger partial charge is 0.322 e. The van der Waals surface area contributed by atoms with Crippen LogP contribution in [0.2, 0.25) is 5.02 Å². The molecular weight excluding hydrogens is 226 g/mol. The lowest BCUT2D eigenvalue weighted by atomic mass is 10.2. The average Bonchev–Trinajstić information content (AvgIpc) is 2.27. The van der Waals surface area contributed by atoms with Gasteiger partial charge in [0.1, 0.15) is 9.84 Å². The Bertz CT molecular complexity index is 407. The first kappa shape index (κ1) is 11.5. The van der Waals surface area contributed by atoms with Crippen LogP contribution in [-0.2, 0) is 16.9 Å². The van der Waals surface area contributed by atoms with Crippen molar-refractivity contribution >= 4 is 21.4 Å². The van der Waals surface area contributed by atoms with E-state index in [9.17, 15) is 8.42 Å². The molecule has 0 saturated carbocycles. The van der Waals surface area contributed by atoms with Crippen LogP contribution in [0.4, 0.5) is 0 Å². The van der Waals surface area contributed by atoms with Gasteiger partial charge in [0.2, 0.25) is 0 Å². The fraction of sp³-hybridized carbons (Fsp3) is 0.571. The highest BCUT2D eigenvalue weighted by Crippen LogP contribution is 2.21. The summed E-state index contributed by atoms with van der Waals surface area (Å²) in [6, 6.07) is -0.634. The van der Waals surface area contributed by atoms with Crippen molar-refractivity contribution in [2.24, 2.45) is 12.8 Å². The monoisotopic (exact) mass is 237 g/mol. The molecule has 0 saturated heterocycles. The lowest BCUT2D eigenvalue weighted by molar-refractivity contribution is 0.587. The summed E-state index contributed by atoms with van der Waals surface area (Å²) in [6.45, 7) is 0. The molecule has 0 aliphatic rings. The third kappa shape index (κ3) is 2.70. The Labute approximate surface area is 87.8 Å². The van der Waals surface area contributed by atoms with Crippen molar-refractivity contribution in [2.75, 3.05) is 12.0 Å². The summed E-state index contributed by atoms with van der Waals surface area (Å²) in [7, 11) is -1.44. The first-order valence-electron chi connectivity index (χ1n) is 3.92. The minimum Gasteiger partial charge on any atom is -0.322 e. The van der Waals surface area contributed by atoms with Crippen LogP contribution in [0.5, 0.6) is 0 Å².